The number of hydrogen-bond donors (Lipinski definition) is 2. The Morgan fingerprint density at radius 2 is 1.71 bits per heavy atom. The van der Waals surface area contributed by atoms with Gasteiger partial charge in [0.05, 0.1) is 0 Å². The van der Waals surface area contributed by atoms with E-state index in [2.05, 4.69) is 28.3 Å². The quantitative estimate of drug-likeness (QED) is 0.821. The minimum Gasteiger partial charge on any atom is -0.377 e. The lowest BCUT2D eigenvalue weighted by atomic mass is 9.93. The van der Waals surface area contributed by atoms with Gasteiger partial charge < -0.3 is 20.2 Å². The zero-order valence-electron chi connectivity index (χ0n) is 14.0. The number of anilines is 2. The molecule has 0 bridgehead atoms. The molecule has 2 N–H and O–H groups in total. The Morgan fingerprint density at radius 3 is 2.29 bits per heavy atom. The molecule has 0 aliphatic carbocycles. The number of piperidine rings is 2. The van der Waals surface area contributed by atoms with Crippen LogP contribution in [0, 0.1) is 12.3 Å². The van der Waals surface area contributed by atoms with Gasteiger partial charge in [-0.3, -0.25) is 0 Å². The second-order valence-corrected chi connectivity index (χ2v) is 6.69. The van der Waals surface area contributed by atoms with Crippen LogP contribution in [0.15, 0.2) is 24.3 Å². The van der Waals surface area contributed by atoms with E-state index in [1.54, 1.807) is 4.90 Å². The summed E-state index contributed by atoms with van der Waals surface area (Å²) < 4.78 is 0. The average Bonchev–Trinajstić information content (AvgIpc) is 2.63. The van der Waals surface area contributed by atoms with Gasteiger partial charge in [0.15, 0.2) is 0 Å². The van der Waals surface area contributed by atoms with Crippen molar-refractivity contribution in [2.45, 2.75) is 37.7 Å². The summed E-state index contributed by atoms with van der Waals surface area (Å²) in [5.41, 5.74) is 0.940. The van der Waals surface area contributed by atoms with Crippen LogP contribution in [-0.2, 0) is 0 Å². The number of nitrogens with one attached hydrogen (secondary N) is 1. The third kappa shape index (κ3) is 3.82. The average molecular weight is 327 g/mol. The molecule has 0 radical (unpaired) electrons. The number of carbonyl (C=O) groups is 1. The molecule has 2 aliphatic heterocycles. The number of likely N-dealkylation sites (tertiary alicyclic amines) is 1. The predicted molar refractivity (Wildman–Crippen MR) is 96.1 cm³/mol. The fourth-order valence-electron chi connectivity index (χ4n) is 3.33. The van der Waals surface area contributed by atoms with Gasteiger partial charge in [-0.25, -0.2) is 4.79 Å². The molecule has 2 aliphatic rings. The van der Waals surface area contributed by atoms with Gasteiger partial charge in [-0.1, -0.05) is 5.92 Å². The van der Waals surface area contributed by atoms with Crippen LogP contribution in [0.1, 0.15) is 32.1 Å². The molecule has 0 unspecified atom stereocenters. The van der Waals surface area contributed by atoms with Crippen LogP contribution < -0.4 is 10.2 Å². The van der Waals surface area contributed by atoms with E-state index in [0.717, 1.165) is 18.8 Å². The number of rotatable bonds is 2. The van der Waals surface area contributed by atoms with Crippen LogP contribution in [0.3, 0.4) is 0 Å². The van der Waals surface area contributed by atoms with Gasteiger partial charge >= 0.3 is 6.03 Å². The van der Waals surface area contributed by atoms with Crippen LogP contribution >= 0.6 is 0 Å². The number of amides is 2. The molecule has 2 heterocycles. The lowest BCUT2D eigenvalue weighted by Crippen LogP contribution is -2.47. The Bertz CT molecular complexity index is 606. The first kappa shape index (κ1) is 16.7. The summed E-state index contributed by atoms with van der Waals surface area (Å²) in [4.78, 5) is 16.4. The largest absolute Gasteiger partial charge is 0.377 e. The van der Waals surface area contributed by atoms with E-state index in [0.29, 0.717) is 25.9 Å². The van der Waals surface area contributed by atoms with Gasteiger partial charge in [-0.2, -0.15) is 0 Å². The van der Waals surface area contributed by atoms with Crippen LogP contribution in [0.5, 0.6) is 0 Å². The second-order valence-electron chi connectivity index (χ2n) is 6.69. The summed E-state index contributed by atoms with van der Waals surface area (Å²) in [7, 11) is 0. The van der Waals surface area contributed by atoms with E-state index in [1.807, 2.05) is 12.1 Å². The topological polar surface area (TPSA) is 55.8 Å². The van der Waals surface area contributed by atoms with E-state index >= 15 is 0 Å². The number of aliphatic hydroxyl groups is 1. The van der Waals surface area contributed by atoms with Crippen molar-refractivity contribution >= 4 is 17.4 Å². The fraction of sp³-hybridized carbons (Fsp3) is 0.526. The summed E-state index contributed by atoms with van der Waals surface area (Å²) >= 11 is 0. The Kier molecular flexibility index (Phi) is 4.96. The molecule has 24 heavy (non-hydrogen) atoms. The Morgan fingerprint density at radius 1 is 1.08 bits per heavy atom. The minimum absolute atomic E-state index is 0.139. The van der Waals surface area contributed by atoms with E-state index in [4.69, 9.17) is 6.42 Å². The molecule has 2 fully saturated rings. The van der Waals surface area contributed by atoms with Crippen molar-refractivity contribution in [3.05, 3.63) is 24.3 Å². The first-order valence-corrected chi connectivity index (χ1v) is 8.71. The molecule has 0 spiro atoms. The normalized spacial score (nSPS) is 20.3. The van der Waals surface area contributed by atoms with Crippen LogP contribution in [0.2, 0.25) is 0 Å². The highest BCUT2D eigenvalue weighted by Gasteiger charge is 2.32. The molecule has 5 heteroatoms. The maximum atomic E-state index is 12.3. The van der Waals surface area contributed by atoms with Crippen molar-refractivity contribution in [3.63, 3.8) is 0 Å². The smallest absolute Gasteiger partial charge is 0.321 e. The molecule has 0 atom stereocenters. The fourth-order valence-corrected chi connectivity index (χ4v) is 3.33. The Balaban J connectivity index is 1.54. The number of urea groups is 1. The van der Waals surface area contributed by atoms with Gasteiger partial charge in [-0.15, -0.1) is 6.42 Å². The monoisotopic (exact) mass is 327 g/mol. The van der Waals surface area contributed by atoms with Crippen LogP contribution in [-0.4, -0.2) is 47.8 Å². The molecule has 0 aromatic heterocycles. The molecule has 3 rings (SSSR count). The Hall–Kier alpha value is -2.19. The van der Waals surface area contributed by atoms with Gasteiger partial charge in [0, 0.05) is 50.4 Å². The molecule has 2 amide bonds. The van der Waals surface area contributed by atoms with Crippen molar-refractivity contribution in [1.82, 2.24) is 4.90 Å². The van der Waals surface area contributed by atoms with Gasteiger partial charge in [0.2, 0.25) is 0 Å². The van der Waals surface area contributed by atoms with Gasteiger partial charge in [0.25, 0.3) is 0 Å². The highest BCUT2D eigenvalue weighted by atomic mass is 16.3. The number of terminal acetylenes is 1. The van der Waals surface area contributed by atoms with E-state index in [-0.39, 0.29) is 6.03 Å². The highest BCUT2D eigenvalue weighted by Crippen LogP contribution is 2.24. The zero-order chi connectivity index (χ0) is 17.0. The van der Waals surface area contributed by atoms with E-state index in [9.17, 15) is 9.90 Å². The molecule has 128 valence electrons. The first-order chi connectivity index (χ1) is 11.6. The summed E-state index contributed by atoms with van der Waals surface area (Å²) in [6, 6.07) is 7.88. The molecule has 1 aromatic carbocycles. The second kappa shape index (κ2) is 7.14. The summed E-state index contributed by atoms with van der Waals surface area (Å²) in [6.07, 6.45) is 9.99. The molecule has 2 saturated heterocycles. The first-order valence-electron chi connectivity index (χ1n) is 8.71. The number of hydrogen-bond acceptors (Lipinski definition) is 3. The molecular weight excluding hydrogens is 302 g/mol. The summed E-state index contributed by atoms with van der Waals surface area (Å²) in [5.74, 6) is 2.42. The number of carbonyl (C=O) groups excluding carboxylic acids is 1. The van der Waals surface area contributed by atoms with Crippen molar-refractivity contribution in [2.24, 2.45) is 0 Å². The summed E-state index contributed by atoms with van der Waals surface area (Å²) in [6.45, 7) is 3.16. The lowest BCUT2D eigenvalue weighted by Gasteiger charge is -2.34. The van der Waals surface area contributed by atoms with Crippen LogP contribution in [0.25, 0.3) is 0 Å². The maximum absolute atomic E-state index is 12.3. The van der Waals surface area contributed by atoms with E-state index in [1.165, 1.54) is 24.9 Å². The number of benzene rings is 1. The van der Waals surface area contributed by atoms with E-state index < -0.39 is 5.60 Å². The summed E-state index contributed by atoms with van der Waals surface area (Å²) in [5, 5.41) is 12.9. The standard InChI is InChI=1S/C19H25N3O2/c1-2-19(24)10-14-22(15-11-19)18(23)20-16-6-8-17(9-7-16)21-12-4-3-5-13-21/h1,6-9,24H,3-5,10-15H2,(H,20,23). The molecule has 1 aromatic rings. The maximum Gasteiger partial charge on any atom is 0.321 e. The van der Waals surface area contributed by atoms with Crippen molar-refractivity contribution in [1.29, 1.82) is 0 Å². The van der Waals surface area contributed by atoms with Crippen molar-refractivity contribution < 1.29 is 9.90 Å². The molecule has 0 saturated carbocycles. The van der Waals surface area contributed by atoms with Gasteiger partial charge in [0.1, 0.15) is 5.60 Å². The lowest BCUT2D eigenvalue weighted by molar-refractivity contribution is 0.0398. The van der Waals surface area contributed by atoms with Gasteiger partial charge in [-0.05, 0) is 43.5 Å². The Labute approximate surface area is 143 Å². The SMILES string of the molecule is C#CC1(O)CCN(C(=O)Nc2ccc(N3CCCCC3)cc2)CC1. The van der Waals surface area contributed by atoms with Crippen molar-refractivity contribution in [2.75, 3.05) is 36.4 Å². The molecular formula is C19H25N3O2. The predicted octanol–water partition coefficient (Wildman–Crippen LogP) is 2.67. The highest BCUT2D eigenvalue weighted by molar-refractivity contribution is 5.89. The zero-order valence-corrected chi connectivity index (χ0v) is 14.0. The third-order valence-corrected chi connectivity index (χ3v) is 4.99. The molecule has 5 nitrogen and oxygen atoms in total. The number of nitrogens with zero attached hydrogens (tertiary/aromatic N) is 2. The third-order valence-electron chi connectivity index (χ3n) is 4.99. The minimum atomic E-state index is -1.06. The van der Waals surface area contributed by atoms with Crippen LogP contribution in [0.4, 0.5) is 16.2 Å². The van der Waals surface area contributed by atoms with Crippen molar-refractivity contribution in [3.8, 4) is 12.3 Å².